The highest BCUT2D eigenvalue weighted by molar-refractivity contribution is 4.45. The lowest BCUT2D eigenvalue weighted by Gasteiger charge is -2.05. The summed E-state index contributed by atoms with van der Waals surface area (Å²) in [6, 6.07) is 0. The summed E-state index contributed by atoms with van der Waals surface area (Å²) in [5, 5.41) is 3.04. The maximum atomic E-state index is 5.36. The molecule has 0 saturated heterocycles. The second-order valence-corrected chi connectivity index (χ2v) is 3.25. The van der Waals surface area contributed by atoms with Gasteiger partial charge >= 0.3 is 0 Å². The first-order chi connectivity index (χ1) is 5.27. The fraction of sp³-hybridized carbons (Fsp3) is 1.00. The van der Waals surface area contributed by atoms with E-state index in [9.17, 15) is 0 Å². The number of rotatable bonds is 7. The molecule has 0 atom stereocenters. The minimum atomic E-state index is 0. The lowest BCUT2D eigenvalue weighted by molar-refractivity contribution is 0.131. The third kappa shape index (κ3) is 9.92. The zero-order valence-electron chi connectivity index (χ0n) is 8.02. The zero-order chi connectivity index (χ0) is 8.53. The number of nitrogens with one attached hydrogen (secondary N) is 1. The Morgan fingerprint density at radius 3 is 2.64 bits per heavy atom. The maximum absolute atomic E-state index is 5.36. The molecule has 2 heteroatoms. The van der Waals surface area contributed by atoms with Crippen LogP contribution in [0.25, 0.3) is 0 Å². The molecule has 1 N–H and O–H groups in total. The molecule has 0 heterocycles. The Bertz CT molecular complexity index is 78.9. The Hall–Kier alpha value is -0.0800. The summed E-state index contributed by atoms with van der Waals surface area (Å²) in [6.07, 6.45) is 2.47. The average molecular weight is 161 g/mol. The van der Waals surface area contributed by atoms with E-state index in [1.54, 1.807) is 0 Å². The minimum Gasteiger partial charge on any atom is -0.380 e. The van der Waals surface area contributed by atoms with Crippen LogP contribution < -0.4 is 5.32 Å². The molecule has 0 amide bonds. The largest absolute Gasteiger partial charge is 0.380 e. The molecule has 70 valence electrons. The van der Waals surface area contributed by atoms with E-state index in [4.69, 9.17) is 4.74 Å². The third-order valence-corrected chi connectivity index (χ3v) is 1.57. The maximum Gasteiger partial charge on any atom is 0.0590 e. The van der Waals surface area contributed by atoms with Crippen molar-refractivity contribution >= 4 is 0 Å². The van der Waals surface area contributed by atoms with E-state index < -0.39 is 0 Å². The van der Waals surface area contributed by atoms with Gasteiger partial charge in [-0.05, 0) is 25.8 Å². The Balaban J connectivity index is 0. The third-order valence-electron chi connectivity index (χ3n) is 1.57. The van der Waals surface area contributed by atoms with Gasteiger partial charge in [0.1, 0.15) is 0 Å². The highest BCUT2D eigenvalue weighted by atomic mass is 16.5. The standard InChI is InChI=1S/C9H21NO.H2/c1-9(2)5-4-7-11-8-6-10-3;/h9-10H,4-8H2,1-3H3;1H. The monoisotopic (exact) mass is 161 g/mol. The number of likely N-dealkylation sites (N-methyl/N-ethyl adjacent to an activating group) is 1. The van der Waals surface area contributed by atoms with Crippen molar-refractivity contribution in [2.75, 3.05) is 26.8 Å². The second-order valence-electron chi connectivity index (χ2n) is 3.25. The average Bonchev–Trinajstić information content (AvgIpc) is 1.96. The van der Waals surface area contributed by atoms with Crippen LogP contribution in [0, 0.1) is 5.92 Å². The Kier molecular flexibility index (Phi) is 7.96. The van der Waals surface area contributed by atoms with Crippen LogP contribution in [0.4, 0.5) is 0 Å². The lowest BCUT2D eigenvalue weighted by Crippen LogP contribution is -2.14. The van der Waals surface area contributed by atoms with Gasteiger partial charge < -0.3 is 10.1 Å². The molecule has 0 aromatic carbocycles. The summed E-state index contributed by atoms with van der Waals surface area (Å²) in [6.45, 7) is 7.21. The summed E-state index contributed by atoms with van der Waals surface area (Å²) in [7, 11) is 1.94. The molecule has 0 aliphatic carbocycles. The van der Waals surface area contributed by atoms with Gasteiger partial charge in [0.25, 0.3) is 0 Å². The fourth-order valence-corrected chi connectivity index (χ4v) is 0.870. The predicted octanol–water partition coefficient (Wildman–Crippen LogP) is 1.90. The van der Waals surface area contributed by atoms with Gasteiger partial charge in [0.05, 0.1) is 6.61 Å². The quantitative estimate of drug-likeness (QED) is 0.576. The Labute approximate surface area is 71.8 Å². The van der Waals surface area contributed by atoms with Crippen molar-refractivity contribution in [3.8, 4) is 0 Å². The number of hydrogen-bond acceptors (Lipinski definition) is 2. The summed E-state index contributed by atoms with van der Waals surface area (Å²) in [5.74, 6) is 0.808. The molecule has 0 aromatic rings. The molecular formula is C9H23NO. The van der Waals surface area contributed by atoms with Crippen molar-refractivity contribution in [1.82, 2.24) is 5.32 Å². The van der Waals surface area contributed by atoms with Crippen molar-refractivity contribution in [2.24, 2.45) is 5.92 Å². The minimum absolute atomic E-state index is 0. The molecule has 0 spiro atoms. The molecule has 2 nitrogen and oxygen atoms in total. The van der Waals surface area contributed by atoms with E-state index in [0.29, 0.717) is 0 Å². The molecule has 0 aliphatic rings. The van der Waals surface area contributed by atoms with E-state index in [2.05, 4.69) is 19.2 Å². The van der Waals surface area contributed by atoms with E-state index in [-0.39, 0.29) is 1.43 Å². The molecule has 0 aromatic heterocycles. The van der Waals surface area contributed by atoms with Gasteiger partial charge in [-0.15, -0.1) is 0 Å². The van der Waals surface area contributed by atoms with Crippen LogP contribution in [0.2, 0.25) is 0 Å². The highest BCUT2D eigenvalue weighted by Crippen LogP contribution is 2.02. The predicted molar refractivity (Wildman–Crippen MR) is 50.9 cm³/mol. The van der Waals surface area contributed by atoms with E-state index in [1.165, 1.54) is 12.8 Å². The molecule has 0 rings (SSSR count). The molecule has 0 bridgehead atoms. The summed E-state index contributed by atoms with van der Waals surface area (Å²) >= 11 is 0. The van der Waals surface area contributed by atoms with Crippen LogP contribution in [-0.2, 0) is 4.74 Å². The number of ether oxygens (including phenoxy) is 1. The van der Waals surface area contributed by atoms with Gasteiger partial charge in [0.2, 0.25) is 0 Å². The van der Waals surface area contributed by atoms with Crippen LogP contribution in [0.3, 0.4) is 0 Å². The van der Waals surface area contributed by atoms with Crippen molar-refractivity contribution in [1.29, 1.82) is 0 Å². The SMILES string of the molecule is CNCCOCCCC(C)C.[HH]. The molecule has 0 unspecified atom stereocenters. The second kappa shape index (κ2) is 8.02. The van der Waals surface area contributed by atoms with Crippen molar-refractivity contribution in [3.63, 3.8) is 0 Å². The van der Waals surface area contributed by atoms with Crippen LogP contribution in [0.5, 0.6) is 0 Å². The van der Waals surface area contributed by atoms with Gasteiger partial charge in [0.15, 0.2) is 0 Å². The Morgan fingerprint density at radius 1 is 1.36 bits per heavy atom. The Morgan fingerprint density at radius 2 is 2.09 bits per heavy atom. The summed E-state index contributed by atoms with van der Waals surface area (Å²) in [5.41, 5.74) is 0. The van der Waals surface area contributed by atoms with Gasteiger partial charge in [-0.25, -0.2) is 0 Å². The van der Waals surface area contributed by atoms with E-state index in [0.717, 1.165) is 25.7 Å². The molecular weight excluding hydrogens is 138 g/mol. The first kappa shape index (κ1) is 10.9. The molecule has 0 aliphatic heterocycles. The molecule has 0 radical (unpaired) electrons. The van der Waals surface area contributed by atoms with Crippen LogP contribution >= 0.6 is 0 Å². The first-order valence-corrected chi connectivity index (χ1v) is 4.49. The van der Waals surface area contributed by atoms with Crippen LogP contribution in [0.15, 0.2) is 0 Å². The summed E-state index contributed by atoms with van der Waals surface area (Å²) in [4.78, 5) is 0. The van der Waals surface area contributed by atoms with Crippen LogP contribution in [0.1, 0.15) is 28.1 Å². The van der Waals surface area contributed by atoms with Gasteiger partial charge in [-0.3, -0.25) is 0 Å². The normalized spacial score (nSPS) is 10.9. The van der Waals surface area contributed by atoms with E-state index >= 15 is 0 Å². The topological polar surface area (TPSA) is 21.3 Å². The van der Waals surface area contributed by atoms with Crippen molar-refractivity contribution in [3.05, 3.63) is 0 Å². The van der Waals surface area contributed by atoms with Gasteiger partial charge in [-0.2, -0.15) is 0 Å². The van der Waals surface area contributed by atoms with E-state index in [1.807, 2.05) is 7.05 Å². The first-order valence-electron chi connectivity index (χ1n) is 4.49. The van der Waals surface area contributed by atoms with Gasteiger partial charge in [0, 0.05) is 14.6 Å². The summed E-state index contributed by atoms with van der Waals surface area (Å²) < 4.78 is 5.36. The van der Waals surface area contributed by atoms with Gasteiger partial charge in [-0.1, -0.05) is 13.8 Å². The molecule has 0 saturated carbocycles. The highest BCUT2D eigenvalue weighted by Gasteiger charge is 1.93. The molecule has 11 heavy (non-hydrogen) atoms. The molecule has 0 fully saturated rings. The van der Waals surface area contributed by atoms with Crippen LogP contribution in [-0.4, -0.2) is 26.8 Å². The zero-order valence-corrected chi connectivity index (χ0v) is 8.02. The number of hydrogen-bond donors (Lipinski definition) is 1. The van der Waals surface area contributed by atoms with Crippen molar-refractivity contribution in [2.45, 2.75) is 26.7 Å². The fourth-order valence-electron chi connectivity index (χ4n) is 0.870. The van der Waals surface area contributed by atoms with Crippen molar-refractivity contribution < 1.29 is 6.16 Å². The smallest absolute Gasteiger partial charge is 0.0590 e. The lowest BCUT2D eigenvalue weighted by atomic mass is 10.1.